The van der Waals surface area contributed by atoms with Crippen molar-refractivity contribution in [3.05, 3.63) is 65.2 Å². The van der Waals surface area contributed by atoms with Crippen LogP contribution in [0.3, 0.4) is 0 Å². The maximum atomic E-state index is 12.9. The van der Waals surface area contributed by atoms with Crippen molar-refractivity contribution in [1.82, 2.24) is 0 Å². The Morgan fingerprint density at radius 2 is 1.39 bits per heavy atom. The van der Waals surface area contributed by atoms with Crippen LogP contribution >= 0.6 is 0 Å². The van der Waals surface area contributed by atoms with Crippen LogP contribution in [-0.4, -0.2) is 25.7 Å². The molecule has 3 aromatic carbocycles. The van der Waals surface area contributed by atoms with Crippen LogP contribution < -0.4 is 10.6 Å². The lowest BCUT2D eigenvalue weighted by Crippen LogP contribution is -2.07. The zero-order valence-corrected chi connectivity index (χ0v) is 20.0. The molecular formula is C28H31N2O3+. The average Bonchev–Trinajstić information content (AvgIpc) is 2.80. The summed E-state index contributed by atoms with van der Waals surface area (Å²) in [6.45, 7) is 12.1. The summed E-state index contributed by atoms with van der Waals surface area (Å²) in [6, 6.07) is 16.0. The maximum absolute atomic E-state index is 12.9. The van der Waals surface area contributed by atoms with Crippen molar-refractivity contribution in [2.24, 2.45) is 0 Å². The summed E-state index contributed by atoms with van der Waals surface area (Å²) in [4.78, 5) is 12.9. The van der Waals surface area contributed by atoms with E-state index in [1.807, 2.05) is 31.2 Å². The number of rotatable bonds is 7. The van der Waals surface area contributed by atoms with Gasteiger partial charge in [-0.1, -0.05) is 18.2 Å². The molecular weight excluding hydrogens is 412 g/mol. The first-order valence-electron chi connectivity index (χ1n) is 11.6. The van der Waals surface area contributed by atoms with E-state index in [0.717, 1.165) is 68.7 Å². The van der Waals surface area contributed by atoms with E-state index in [1.165, 1.54) is 0 Å². The van der Waals surface area contributed by atoms with E-state index >= 15 is 0 Å². The highest BCUT2D eigenvalue weighted by Crippen LogP contribution is 2.41. The molecule has 0 bridgehead atoms. The molecule has 5 heteroatoms. The van der Waals surface area contributed by atoms with Crippen LogP contribution in [0.4, 0.5) is 11.4 Å². The number of anilines is 2. The molecule has 0 aliphatic heterocycles. The number of aryl methyl sites for hydroxylation is 2. The van der Waals surface area contributed by atoms with Gasteiger partial charge in [-0.15, -0.1) is 0 Å². The van der Waals surface area contributed by atoms with E-state index < -0.39 is 0 Å². The highest BCUT2D eigenvalue weighted by Gasteiger charge is 2.26. The predicted octanol–water partition coefficient (Wildman–Crippen LogP) is 7.19. The second kappa shape index (κ2) is 9.49. The molecule has 0 radical (unpaired) electrons. The Bertz CT molecular complexity index is 1270. The first kappa shape index (κ1) is 22.6. The molecule has 0 atom stereocenters. The molecule has 0 amide bonds. The van der Waals surface area contributed by atoms with Crippen LogP contribution in [0.1, 0.15) is 42.3 Å². The Hall–Kier alpha value is -3.60. The zero-order chi connectivity index (χ0) is 23.5. The molecule has 0 fully saturated rings. The van der Waals surface area contributed by atoms with Crippen molar-refractivity contribution in [2.45, 2.75) is 34.6 Å². The number of benzene rings is 3. The molecule has 33 heavy (non-hydrogen) atoms. The summed E-state index contributed by atoms with van der Waals surface area (Å²) < 4.78 is 11.8. The van der Waals surface area contributed by atoms with Gasteiger partial charge < -0.3 is 15.4 Å². The summed E-state index contributed by atoms with van der Waals surface area (Å²) in [6.07, 6.45) is 0. The highest BCUT2D eigenvalue weighted by molar-refractivity contribution is 6.13. The standard InChI is InChI=1S/C28H31N2O3/c1-6-29-23-15-25-21(13-17(23)4)27(19-11-9-10-12-20(19)28(31)32-8-3)22-14-18(5)24(30-7-2)16-26(22)33-25/h9-16,29-30H,6-8H2,1-5H3/q+1. The molecule has 5 nitrogen and oxygen atoms in total. The monoisotopic (exact) mass is 443 g/mol. The molecule has 0 spiro atoms. The third-order valence-corrected chi connectivity index (χ3v) is 5.84. The molecule has 1 aromatic heterocycles. The number of esters is 1. The smallest absolute Gasteiger partial charge is 0.363 e. The van der Waals surface area contributed by atoms with Gasteiger partial charge >= 0.3 is 17.1 Å². The summed E-state index contributed by atoms with van der Waals surface area (Å²) in [5, 5.41) is 8.77. The number of hydrogen-bond donors (Lipinski definition) is 2. The fourth-order valence-corrected chi connectivity index (χ4v) is 4.34. The molecule has 4 rings (SSSR count). The van der Waals surface area contributed by atoms with Gasteiger partial charge in [-0.25, -0.2) is 9.21 Å². The SMILES string of the molecule is CCNc1cc2[o+]c3cc(NCC)c(C)cc3c(-c3ccccc3C(=O)OCC)c2cc1C. The quantitative estimate of drug-likeness (QED) is 0.180. The number of hydrogen-bond acceptors (Lipinski definition) is 4. The van der Waals surface area contributed by atoms with Crippen LogP contribution in [0.2, 0.25) is 0 Å². The first-order valence-corrected chi connectivity index (χ1v) is 11.6. The van der Waals surface area contributed by atoms with Gasteiger partial charge in [-0.05, 0) is 69.5 Å². The Morgan fingerprint density at radius 1 is 0.848 bits per heavy atom. The molecule has 1 heterocycles. The molecule has 0 unspecified atom stereocenters. The zero-order valence-electron chi connectivity index (χ0n) is 20.0. The lowest BCUT2D eigenvalue weighted by Gasteiger charge is -2.14. The molecule has 0 saturated carbocycles. The van der Waals surface area contributed by atoms with E-state index in [9.17, 15) is 4.79 Å². The van der Waals surface area contributed by atoms with Crippen molar-refractivity contribution in [1.29, 1.82) is 0 Å². The molecule has 0 aliphatic carbocycles. The average molecular weight is 444 g/mol. The van der Waals surface area contributed by atoms with Crippen molar-refractivity contribution in [3.63, 3.8) is 0 Å². The van der Waals surface area contributed by atoms with E-state index in [2.05, 4.69) is 62.6 Å². The van der Waals surface area contributed by atoms with Gasteiger partial charge in [0.05, 0.1) is 35.1 Å². The van der Waals surface area contributed by atoms with Crippen molar-refractivity contribution in [3.8, 4) is 11.1 Å². The van der Waals surface area contributed by atoms with Crippen molar-refractivity contribution in [2.75, 3.05) is 30.3 Å². The van der Waals surface area contributed by atoms with Crippen molar-refractivity contribution >= 4 is 39.3 Å². The van der Waals surface area contributed by atoms with Crippen molar-refractivity contribution < 1.29 is 13.9 Å². The normalized spacial score (nSPS) is 11.1. The van der Waals surface area contributed by atoms with Gasteiger partial charge in [0, 0.05) is 30.0 Å². The highest BCUT2D eigenvalue weighted by atomic mass is 16.5. The Labute approximate surface area is 194 Å². The Balaban J connectivity index is 2.13. The Kier molecular flexibility index (Phi) is 6.50. The van der Waals surface area contributed by atoms with Gasteiger partial charge in [-0.3, -0.25) is 0 Å². The van der Waals surface area contributed by atoms with Gasteiger partial charge in [0.1, 0.15) is 0 Å². The van der Waals surface area contributed by atoms with Gasteiger partial charge in [-0.2, -0.15) is 0 Å². The summed E-state index contributed by atoms with van der Waals surface area (Å²) in [5.41, 5.74) is 8.22. The van der Waals surface area contributed by atoms with Crippen LogP contribution in [-0.2, 0) is 4.74 Å². The molecule has 170 valence electrons. The van der Waals surface area contributed by atoms with E-state index in [1.54, 1.807) is 0 Å². The van der Waals surface area contributed by atoms with Crippen LogP contribution in [0.25, 0.3) is 33.1 Å². The fourth-order valence-electron chi connectivity index (χ4n) is 4.34. The van der Waals surface area contributed by atoms with Gasteiger partial charge in [0.15, 0.2) is 0 Å². The summed E-state index contributed by atoms with van der Waals surface area (Å²) in [5.74, 6) is -0.322. The summed E-state index contributed by atoms with van der Waals surface area (Å²) in [7, 11) is 0. The lowest BCUT2D eigenvalue weighted by molar-refractivity contribution is 0.0527. The van der Waals surface area contributed by atoms with E-state index in [0.29, 0.717) is 12.2 Å². The minimum atomic E-state index is -0.322. The maximum Gasteiger partial charge on any atom is 0.363 e. The van der Waals surface area contributed by atoms with E-state index in [4.69, 9.17) is 9.15 Å². The summed E-state index contributed by atoms with van der Waals surface area (Å²) >= 11 is 0. The van der Waals surface area contributed by atoms with Gasteiger partial charge in [0.2, 0.25) is 0 Å². The molecule has 0 aliphatic rings. The molecule has 0 saturated heterocycles. The van der Waals surface area contributed by atoms with Crippen LogP contribution in [0, 0.1) is 13.8 Å². The number of carbonyl (C=O) groups excluding carboxylic acids is 1. The number of nitrogens with one attached hydrogen (secondary N) is 2. The fraction of sp³-hybridized carbons (Fsp3) is 0.286. The van der Waals surface area contributed by atoms with Crippen LogP contribution in [0.15, 0.2) is 52.9 Å². The lowest BCUT2D eigenvalue weighted by atomic mass is 9.91. The third kappa shape index (κ3) is 4.23. The number of ether oxygens (including phenoxy) is 1. The second-order valence-electron chi connectivity index (χ2n) is 8.13. The minimum Gasteiger partial charge on any atom is -0.462 e. The number of fused-ring (bicyclic) bond motifs is 2. The molecule has 4 aromatic rings. The topological polar surface area (TPSA) is 61.7 Å². The molecule has 2 N–H and O–H groups in total. The predicted molar refractivity (Wildman–Crippen MR) is 137 cm³/mol. The van der Waals surface area contributed by atoms with Crippen LogP contribution in [0.5, 0.6) is 0 Å². The second-order valence-corrected chi connectivity index (χ2v) is 8.13. The number of carbonyl (C=O) groups is 1. The van der Waals surface area contributed by atoms with E-state index in [-0.39, 0.29) is 5.97 Å². The minimum absolute atomic E-state index is 0.322. The van der Waals surface area contributed by atoms with Gasteiger partial charge in [0.25, 0.3) is 0 Å². The Morgan fingerprint density at radius 3 is 1.91 bits per heavy atom. The first-order chi connectivity index (χ1) is 16.0. The largest absolute Gasteiger partial charge is 0.462 e. The third-order valence-electron chi connectivity index (χ3n) is 5.84.